The Labute approximate surface area is 111 Å². The Bertz CT molecular complexity index is 502. The second-order valence-corrected chi connectivity index (χ2v) is 5.41. The highest BCUT2D eigenvalue weighted by atomic mass is 14.2. The van der Waals surface area contributed by atoms with Crippen molar-refractivity contribution < 1.29 is 0 Å². The molecule has 0 aliphatic rings. The highest BCUT2D eigenvalue weighted by Crippen LogP contribution is 2.33. The molecular weight excluding hydrogens is 216 g/mol. The van der Waals surface area contributed by atoms with Crippen molar-refractivity contribution in [3.05, 3.63) is 57.6 Å². The predicted molar refractivity (Wildman–Crippen MR) is 79.1 cm³/mol. The van der Waals surface area contributed by atoms with Crippen molar-refractivity contribution in [2.24, 2.45) is 0 Å². The summed E-state index contributed by atoms with van der Waals surface area (Å²) in [4.78, 5) is 0. The van der Waals surface area contributed by atoms with Gasteiger partial charge in [-0.05, 0) is 86.6 Å². The van der Waals surface area contributed by atoms with Crippen LogP contribution in [0.2, 0.25) is 0 Å². The van der Waals surface area contributed by atoms with E-state index >= 15 is 0 Å². The molecule has 0 atom stereocenters. The lowest BCUT2D eigenvalue weighted by Gasteiger charge is -2.17. The molecule has 0 aromatic heterocycles. The molecule has 0 bridgehead atoms. The van der Waals surface area contributed by atoms with Gasteiger partial charge < -0.3 is 0 Å². The lowest BCUT2D eigenvalue weighted by atomic mass is 9.87. The van der Waals surface area contributed by atoms with E-state index in [9.17, 15) is 0 Å². The zero-order valence-corrected chi connectivity index (χ0v) is 12.2. The molecule has 0 saturated carbocycles. The van der Waals surface area contributed by atoms with Gasteiger partial charge in [0.25, 0.3) is 0 Å². The number of aryl methyl sites for hydroxylation is 6. The van der Waals surface area contributed by atoms with E-state index in [1.54, 1.807) is 0 Å². The minimum atomic E-state index is 1.22. The van der Waals surface area contributed by atoms with Crippen LogP contribution >= 0.6 is 0 Å². The molecule has 0 nitrogen and oxygen atoms in total. The molecule has 93 valence electrons. The van der Waals surface area contributed by atoms with Gasteiger partial charge in [-0.15, -0.1) is 0 Å². The van der Waals surface area contributed by atoms with Gasteiger partial charge in [-0.2, -0.15) is 0 Å². The van der Waals surface area contributed by atoms with E-state index in [1.165, 1.54) is 44.5 Å². The first kappa shape index (κ1) is 12.9. The average Bonchev–Trinajstić information content (AvgIpc) is 2.20. The van der Waals surface area contributed by atoms with Crippen LogP contribution in [0.15, 0.2) is 18.2 Å². The molecule has 0 aliphatic heterocycles. The van der Waals surface area contributed by atoms with E-state index in [-0.39, 0.29) is 0 Å². The molecule has 0 unspecified atom stereocenters. The van der Waals surface area contributed by atoms with Crippen molar-refractivity contribution >= 4 is 0 Å². The lowest BCUT2D eigenvalue weighted by Crippen LogP contribution is -1.96. The lowest BCUT2D eigenvalue weighted by molar-refractivity contribution is 1.27. The van der Waals surface area contributed by atoms with E-state index in [1.807, 2.05) is 0 Å². The van der Waals surface area contributed by atoms with Crippen LogP contribution in [0, 0.1) is 47.6 Å². The van der Waals surface area contributed by atoms with E-state index < -0.39 is 0 Å². The number of hydrogen-bond donors (Lipinski definition) is 0. The number of hydrogen-bond acceptors (Lipinski definition) is 0. The topological polar surface area (TPSA) is 0 Å². The van der Waals surface area contributed by atoms with Crippen molar-refractivity contribution in [1.82, 2.24) is 0 Å². The molecule has 0 aliphatic carbocycles. The Morgan fingerprint density at radius 3 is 1.67 bits per heavy atom. The highest BCUT2D eigenvalue weighted by molar-refractivity contribution is 5.76. The van der Waals surface area contributed by atoms with Crippen LogP contribution in [0.1, 0.15) is 33.4 Å². The Morgan fingerprint density at radius 1 is 0.667 bits per heavy atom. The summed E-state index contributed by atoms with van der Waals surface area (Å²) in [6.45, 7) is 13.0. The van der Waals surface area contributed by atoms with E-state index in [0.717, 1.165) is 0 Å². The zero-order chi connectivity index (χ0) is 13.4. The van der Waals surface area contributed by atoms with E-state index in [4.69, 9.17) is 0 Å². The summed E-state index contributed by atoms with van der Waals surface area (Å²) in [6, 6.07) is 10.2. The summed E-state index contributed by atoms with van der Waals surface area (Å²) in [5, 5.41) is 0. The molecule has 2 aromatic carbocycles. The molecule has 0 amide bonds. The molecule has 2 aromatic rings. The third-order valence-corrected chi connectivity index (χ3v) is 3.51. The van der Waals surface area contributed by atoms with Gasteiger partial charge in [-0.3, -0.25) is 0 Å². The van der Waals surface area contributed by atoms with Gasteiger partial charge in [-0.25, -0.2) is 0 Å². The Kier molecular flexibility index (Phi) is 3.30. The third kappa shape index (κ3) is 2.20. The monoisotopic (exact) mass is 237 g/mol. The number of benzene rings is 2. The molecule has 0 heteroatoms. The molecule has 0 spiro atoms. The normalized spacial score (nSPS) is 10.8. The Morgan fingerprint density at radius 2 is 1.17 bits per heavy atom. The highest BCUT2D eigenvalue weighted by Gasteiger charge is 2.12. The van der Waals surface area contributed by atoms with Crippen LogP contribution in [0.5, 0.6) is 0 Å². The van der Waals surface area contributed by atoms with Crippen LogP contribution < -0.4 is 0 Å². The van der Waals surface area contributed by atoms with Crippen molar-refractivity contribution in [2.45, 2.75) is 41.5 Å². The summed E-state index contributed by atoms with van der Waals surface area (Å²) in [6.07, 6.45) is 0. The fourth-order valence-corrected chi connectivity index (χ4v) is 3.05. The summed E-state index contributed by atoms with van der Waals surface area (Å²) >= 11 is 0. The molecule has 0 saturated heterocycles. The van der Waals surface area contributed by atoms with Gasteiger partial charge in [-0.1, -0.05) is 23.8 Å². The molecular formula is C18H21. The summed E-state index contributed by atoms with van der Waals surface area (Å²) in [5.41, 5.74) is 10.6. The van der Waals surface area contributed by atoms with Crippen LogP contribution in [-0.4, -0.2) is 0 Å². The maximum atomic E-state index is 3.45. The zero-order valence-electron chi connectivity index (χ0n) is 12.2. The molecule has 2 rings (SSSR count). The fourth-order valence-electron chi connectivity index (χ4n) is 3.05. The number of rotatable bonds is 1. The maximum Gasteiger partial charge on any atom is -0.0113 e. The molecule has 0 heterocycles. The van der Waals surface area contributed by atoms with Gasteiger partial charge >= 0.3 is 0 Å². The van der Waals surface area contributed by atoms with Gasteiger partial charge in [0.05, 0.1) is 0 Å². The largest absolute Gasteiger partial charge is 0.0557 e. The maximum absolute atomic E-state index is 3.45. The minimum Gasteiger partial charge on any atom is -0.0557 e. The standard InChI is InChI=1S/C18H21/c1-11-7-13(3)17(14(4)8-11)18-15(5)9-12(2)10-16(18)6/h7-9H,1-6H3. The first-order valence-electron chi connectivity index (χ1n) is 6.48. The molecule has 0 N–H and O–H groups in total. The summed E-state index contributed by atoms with van der Waals surface area (Å²) in [5.74, 6) is 0. The smallest absolute Gasteiger partial charge is 0.0113 e. The summed E-state index contributed by atoms with van der Waals surface area (Å²) in [7, 11) is 0. The van der Waals surface area contributed by atoms with Gasteiger partial charge in [0, 0.05) is 0 Å². The molecule has 0 fully saturated rings. The first-order valence-corrected chi connectivity index (χ1v) is 6.48. The molecule has 1 radical (unpaired) electrons. The van der Waals surface area contributed by atoms with Crippen LogP contribution in [0.3, 0.4) is 0 Å². The SMILES string of the molecule is Cc1[c]c(C)c(-c2c(C)cc(C)cc2C)c(C)c1. The van der Waals surface area contributed by atoms with Crippen LogP contribution in [-0.2, 0) is 0 Å². The molecule has 18 heavy (non-hydrogen) atoms. The van der Waals surface area contributed by atoms with Crippen molar-refractivity contribution in [3.8, 4) is 11.1 Å². The Hall–Kier alpha value is -1.56. The minimum absolute atomic E-state index is 1.22. The fraction of sp³-hybridized carbons (Fsp3) is 0.333. The second kappa shape index (κ2) is 4.61. The van der Waals surface area contributed by atoms with Crippen LogP contribution in [0.4, 0.5) is 0 Å². The van der Waals surface area contributed by atoms with Crippen molar-refractivity contribution in [1.29, 1.82) is 0 Å². The second-order valence-electron chi connectivity index (χ2n) is 5.41. The average molecular weight is 237 g/mol. The van der Waals surface area contributed by atoms with Crippen molar-refractivity contribution in [3.63, 3.8) is 0 Å². The van der Waals surface area contributed by atoms with E-state index in [0.29, 0.717) is 0 Å². The third-order valence-electron chi connectivity index (χ3n) is 3.51. The quantitative estimate of drug-likeness (QED) is 0.654. The van der Waals surface area contributed by atoms with Gasteiger partial charge in [0.2, 0.25) is 0 Å². The van der Waals surface area contributed by atoms with E-state index in [2.05, 4.69) is 65.8 Å². The van der Waals surface area contributed by atoms with Crippen LogP contribution in [0.25, 0.3) is 11.1 Å². The predicted octanol–water partition coefficient (Wildman–Crippen LogP) is 5.00. The van der Waals surface area contributed by atoms with Crippen molar-refractivity contribution in [2.75, 3.05) is 0 Å². The van der Waals surface area contributed by atoms with Gasteiger partial charge in [0.1, 0.15) is 0 Å². The summed E-state index contributed by atoms with van der Waals surface area (Å²) < 4.78 is 0. The Balaban J connectivity index is 2.78. The van der Waals surface area contributed by atoms with Gasteiger partial charge in [0.15, 0.2) is 0 Å². The first-order chi connectivity index (χ1) is 8.40.